The lowest BCUT2D eigenvalue weighted by atomic mass is 10.0. The highest BCUT2D eigenvalue weighted by molar-refractivity contribution is 8.00. The fourth-order valence-corrected chi connectivity index (χ4v) is 2.37. The number of hydrogen-bond donors (Lipinski definition) is 1. The number of methoxy groups -OCH3 is 1. The Labute approximate surface area is 100 Å². The summed E-state index contributed by atoms with van der Waals surface area (Å²) in [7, 11) is 1.41. The second-order valence-corrected chi connectivity index (χ2v) is 5.50. The fraction of sp³-hybridized carbons (Fsp3) is 0.417. The number of quaternary nitrogens is 1. The van der Waals surface area contributed by atoms with Crippen molar-refractivity contribution < 1.29 is 15.3 Å². The second-order valence-electron chi connectivity index (χ2n) is 4.32. The van der Waals surface area contributed by atoms with Crippen molar-refractivity contribution in [3.05, 3.63) is 30.3 Å². The van der Waals surface area contributed by atoms with E-state index in [1.165, 1.54) is 18.9 Å². The highest BCUT2D eigenvalue weighted by Crippen LogP contribution is 2.28. The highest BCUT2D eigenvalue weighted by Gasteiger charge is 2.37. The molecule has 1 unspecified atom stereocenters. The maximum atomic E-state index is 11.7. The van der Waals surface area contributed by atoms with Crippen LogP contribution in [0, 0.1) is 0 Å². The Hall–Kier alpha value is -1.00. The van der Waals surface area contributed by atoms with Crippen molar-refractivity contribution in [3.63, 3.8) is 0 Å². The molecule has 0 amide bonds. The zero-order valence-electron chi connectivity index (χ0n) is 9.90. The van der Waals surface area contributed by atoms with Gasteiger partial charge in [-0.3, -0.25) is 4.79 Å². The molecule has 0 fully saturated rings. The highest BCUT2D eigenvalue weighted by atomic mass is 32.2. The van der Waals surface area contributed by atoms with Gasteiger partial charge in [-0.1, -0.05) is 18.2 Å². The van der Waals surface area contributed by atoms with Gasteiger partial charge in [0, 0.05) is 4.90 Å². The second kappa shape index (κ2) is 5.37. The Balaban J connectivity index is 2.84. The summed E-state index contributed by atoms with van der Waals surface area (Å²) in [5.74, 6) is -0.228. The van der Waals surface area contributed by atoms with Crippen molar-refractivity contribution in [3.8, 4) is 0 Å². The first-order chi connectivity index (χ1) is 7.45. The molecular formula is C12H18NO2S+. The summed E-state index contributed by atoms with van der Waals surface area (Å²) in [5.41, 5.74) is 3.65. The monoisotopic (exact) mass is 240 g/mol. The van der Waals surface area contributed by atoms with Gasteiger partial charge >= 0.3 is 5.97 Å². The third-order valence-corrected chi connectivity index (χ3v) is 3.73. The van der Waals surface area contributed by atoms with E-state index >= 15 is 0 Å². The fourth-order valence-electron chi connectivity index (χ4n) is 1.27. The van der Waals surface area contributed by atoms with Gasteiger partial charge in [0.1, 0.15) is 5.54 Å². The summed E-state index contributed by atoms with van der Waals surface area (Å²) < 4.78 is 4.81. The number of carbonyl (C=O) groups excluding carboxylic acids is 1. The number of ether oxygens (including phenoxy) is 1. The molecule has 1 atom stereocenters. The van der Waals surface area contributed by atoms with Gasteiger partial charge in [0.25, 0.3) is 0 Å². The number of carbonyl (C=O) groups is 1. The van der Waals surface area contributed by atoms with E-state index in [0.29, 0.717) is 0 Å². The third-order valence-electron chi connectivity index (χ3n) is 2.12. The standard InChI is InChI=1S/C12H17NO2S/c1-12(2,13)10(11(14)15-3)16-9-7-5-4-6-8-9/h4-8,10H,13H2,1-3H3/p+1. The maximum Gasteiger partial charge on any atom is 0.325 e. The van der Waals surface area contributed by atoms with Crippen LogP contribution in [0.15, 0.2) is 35.2 Å². The summed E-state index contributed by atoms with van der Waals surface area (Å²) in [6, 6.07) is 9.81. The van der Waals surface area contributed by atoms with Crippen molar-refractivity contribution in [2.24, 2.45) is 0 Å². The topological polar surface area (TPSA) is 53.9 Å². The molecule has 0 radical (unpaired) electrons. The quantitative estimate of drug-likeness (QED) is 0.638. The van der Waals surface area contributed by atoms with E-state index in [4.69, 9.17) is 4.74 Å². The van der Waals surface area contributed by atoms with Crippen molar-refractivity contribution in [2.75, 3.05) is 7.11 Å². The number of thioether (sulfide) groups is 1. The molecule has 0 aliphatic carbocycles. The van der Waals surface area contributed by atoms with Crippen LogP contribution in [0.3, 0.4) is 0 Å². The van der Waals surface area contributed by atoms with Crippen molar-refractivity contribution >= 4 is 17.7 Å². The summed E-state index contributed by atoms with van der Waals surface area (Å²) in [6.45, 7) is 3.87. The molecule has 0 saturated carbocycles. The van der Waals surface area contributed by atoms with E-state index in [2.05, 4.69) is 5.73 Å². The Morgan fingerprint density at radius 2 is 1.94 bits per heavy atom. The third kappa shape index (κ3) is 3.54. The normalized spacial score (nSPS) is 13.2. The molecule has 1 rings (SSSR count). The van der Waals surface area contributed by atoms with Gasteiger partial charge in [-0.25, -0.2) is 0 Å². The maximum absolute atomic E-state index is 11.7. The van der Waals surface area contributed by atoms with Crippen LogP contribution >= 0.6 is 11.8 Å². The van der Waals surface area contributed by atoms with Crippen LogP contribution in [0.4, 0.5) is 0 Å². The van der Waals surface area contributed by atoms with Gasteiger partial charge in [-0.15, -0.1) is 11.8 Å². The Morgan fingerprint density at radius 3 is 2.38 bits per heavy atom. The lowest BCUT2D eigenvalue weighted by Crippen LogP contribution is -2.75. The molecule has 88 valence electrons. The molecule has 0 aromatic heterocycles. The smallest absolute Gasteiger partial charge is 0.325 e. The molecule has 16 heavy (non-hydrogen) atoms. The van der Waals surface area contributed by atoms with Gasteiger partial charge < -0.3 is 10.5 Å². The lowest BCUT2D eigenvalue weighted by molar-refractivity contribution is -0.462. The zero-order valence-corrected chi connectivity index (χ0v) is 10.7. The number of esters is 1. The van der Waals surface area contributed by atoms with E-state index in [9.17, 15) is 4.79 Å². The molecule has 4 heteroatoms. The Morgan fingerprint density at radius 1 is 1.38 bits per heavy atom. The molecule has 0 bridgehead atoms. The van der Waals surface area contributed by atoms with Crippen LogP contribution in [-0.2, 0) is 9.53 Å². The first-order valence-corrected chi connectivity index (χ1v) is 5.98. The largest absolute Gasteiger partial charge is 0.468 e. The molecule has 0 spiro atoms. The van der Waals surface area contributed by atoms with Crippen molar-refractivity contribution in [1.29, 1.82) is 0 Å². The molecule has 1 aromatic carbocycles. The molecule has 0 aliphatic heterocycles. The summed E-state index contributed by atoms with van der Waals surface area (Å²) >= 11 is 1.49. The summed E-state index contributed by atoms with van der Waals surface area (Å²) in [5, 5.41) is -0.292. The Kier molecular flexibility index (Phi) is 4.38. The van der Waals surface area contributed by atoms with Gasteiger partial charge in [-0.2, -0.15) is 0 Å². The van der Waals surface area contributed by atoms with Crippen LogP contribution in [0.1, 0.15) is 13.8 Å². The van der Waals surface area contributed by atoms with E-state index < -0.39 is 0 Å². The van der Waals surface area contributed by atoms with Crippen LogP contribution in [0.5, 0.6) is 0 Å². The average molecular weight is 240 g/mol. The molecule has 3 nitrogen and oxygen atoms in total. The van der Waals surface area contributed by atoms with Crippen LogP contribution in [-0.4, -0.2) is 23.9 Å². The number of rotatable bonds is 4. The van der Waals surface area contributed by atoms with Crippen molar-refractivity contribution in [1.82, 2.24) is 0 Å². The number of benzene rings is 1. The summed E-state index contributed by atoms with van der Waals surface area (Å²) in [6.07, 6.45) is 0. The molecule has 1 aromatic rings. The van der Waals surface area contributed by atoms with Crippen LogP contribution in [0.2, 0.25) is 0 Å². The van der Waals surface area contributed by atoms with E-state index in [-0.39, 0.29) is 16.8 Å². The van der Waals surface area contributed by atoms with Gasteiger partial charge in [0.05, 0.1) is 7.11 Å². The lowest BCUT2D eigenvalue weighted by Gasteiger charge is -2.24. The zero-order chi connectivity index (χ0) is 12.2. The SMILES string of the molecule is COC(=O)C(Sc1ccccc1)C(C)(C)[NH3+]. The first-order valence-electron chi connectivity index (χ1n) is 5.10. The van der Waals surface area contributed by atoms with Gasteiger partial charge in [-0.05, 0) is 26.0 Å². The minimum atomic E-state index is -0.367. The van der Waals surface area contributed by atoms with E-state index in [0.717, 1.165) is 4.90 Å². The minimum absolute atomic E-state index is 0.228. The average Bonchev–Trinajstić information content (AvgIpc) is 2.25. The number of hydrogen-bond acceptors (Lipinski definition) is 3. The van der Waals surface area contributed by atoms with Crippen LogP contribution in [0.25, 0.3) is 0 Å². The van der Waals surface area contributed by atoms with Gasteiger partial charge in [0.2, 0.25) is 0 Å². The van der Waals surface area contributed by atoms with Crippen molar-refractivity contribution in [2.45, 2.75) is 29.5 Å². The predicted octanol–water partition coefficient (Wildman–Crippen LogP) is 1.34. The molecule has 3 N–H and O–H groups in total. The minimum Gasteiger partial charge on any atom is -0.468 e. The molecule has 0 saturated heterocycles. The van der Waals surface area contributed by atoms with Gasteiger partial charge in [0.15, 0.2) is 5.25 Å². The van der Waals surface area contributed by atoms with E-state index in [1.54, 1.807) is 0 Å². The Bertz CT molecular complexity index is 346. The first kappa shape index (κ1) is 13.1. The molecular weight excluding hydrogens is 222 g/mol. The van der Waals surface area contributed by atoms with E-state index in [1.807, 2.05) is 44.2 Å². The molecule has 0 heterocycles. The predicted molar refractivity (Wildman–Crippen MR) is 65.1 cm³/mol. The molecule has 0 aliphatic rings. The van der Waals surface area contributed by atoms with Crippen LogP contribution < -0.4 is 5.73 Å². The summed E-state index contributed by atoms with van der Waals surface area (Å²) in [4.78, 5) is 12.7.